The van der Waals surface area contributed by atoms with Crippen molar-refractivity contribution in [2.24, 2.45) is 0 Å². The molecule has 0 aliphatic rings. The van der Waals surface area contributed by atoms with Gasteiger partial charge in [0, 0.05) is 28.4 Å². The van der Waals surface area contributed by atoms with Crippen molar-refractivity contribution >= 4 is 21.8 Å². The topological polar surface area (TPSA) is 25.2 Å². The van der Waals surface area contributed by atoms with Crippen LogP contribution in [0.2, 0.25) is 0 Å². The summed E-state index contributed by atoms with van der Waals surface area (Å²) < 4.78 is 2.20. The zero-order valence-corrected chi connectivity index (χ0v) is 11.3. The Morgan fingerprint density at radius 2 is 1.80 bits per heavy atom. The van der Waals surface area contributed by atoms with E-state index in [4.69, 9.17) is 0 Å². The lowest BCUT2D eigenvalue weighted by molar-refractivity contribution is 0.470. The molecule has 0 saturated heterocycles. The van der Waals surface area contributed by atoms with Crippen LogP contribution < -0.4 is 0 Å². The fourth-order valence-corrected chi connectivity index (χ4v) is 2.87. The lowest BCUT2D eigenvalue weighted by Crippen LogP contribution is -1.97. The number of fused-ring (bicyclic) bond motifs is 3. The molecule has 3 aromatic rings. The van der Waals surface area contributed by atoms with Crippen LogP contribution in [0.25, 0.3) is 21.8 Å². The molecule has 0 atom stereocenters. The van der Waals surface area contributed by atoms with Crippen molar-refractivity contribution in [2.45, 2.75) is 13.0 Å². The van der Waals surface area contributed by atoms with E-state index in [1.54, 1.807) is 6.07 Å². The number of hydrogen-bond acceptors (Lipinski definition) is 1. The molecular weight excluding hydrogens is 246 g/mol. The number of para-hydroxylation sites is 1. The number of benzene rings is 2. The minimum atomic E-state index is 0.325. The van der Waals surface area contributed by atoms with Gasteiger partial charge in [-0.2, -0.15) is 0 Å². The van der Waals surface area contributed by atoms with Crippen molar-refractivity contribution in [3.05, 3.63) is 67.3 Å². The van der Waals surface area contributed by atoms with E-state index >= 15 is 0 Å². The first kappa shape index (κ1) is 12.5. The Morgan fingerprint density at radius 3 is 2.55 bits per heavy atom. The number of allylic oxidation sites excluding steroid dienone is 2. The predicted octanol–water partition coefficient (Wildman–Crippen LogP) is 4.41. The molecule has 0 bridgehead atoms. The molecule has 1 N–H and O–H groups in total. The van der Waals surface area contributed by atoms with Gasteiger partial charge in [-0.1, -0.05) is 30.4 Å². The number of phenols is 1. The standard InChI is InChI=1S/C18H17NO/c1-3-7-15-17(20)11-10-14-13-8-5-6-9-16(13)19(12-4-2)18(14)15/h3-6,8-11,20H,1-2,7,12H2. The second-order valence-electron chi connectivity index (χ2n) is 4.87. The summed E-state index contributed by atoms with van der Waals surface area (Å²) in [5.41, 5.74) is 3.17. The summed E-state index contributed by atoms with van der Waals surface area (Å²) >= 11 is 0. The molecule has 0 saturated carbocycles. The minimum Gasteiger partial charge on any atom is -0.508 e. The first-order valence-corrected chi connectivity index (χ1v) is 6.71. The zero-order valence-electron chi connectivity index (χ0n) is 11.3. The highest BCUT2D eigenvalue weighted by Crippen LogP contribution is 2.35. The van der Waals surface area contributed by atoms with Gasteiger partial charge in [0.15, 0.2) is 0 Å². The quantitative estimate of drug-likeness (QED) is 0.693. The molecule has 100 valence electrons. The summed E-state index contributed by atoms with van der Waals surface area (Å²) in [6.07, 6.45) is 4.36. The summed E-state index contributed by atoms with van der Waals surface area (Å²) in [5, 5.41) is 12.5. The van der Waals surface area contributed by atoms with Gasteiger partial charge in [-0.15, -0.1) is 13.2 Å². The lowest BCUT2D eigenvalue weighted by atomic mass is 10.1. The lowest BCUT2D eigenvalue weighted by Gasteiger charge is -2.09. The molecule has 0 fully saturated rings. The second kappa shape index (κ2) is 4.89. The fraction of sp³-hybridized carbons (Fsp3) is 0.111. The monoisotopic (exact) mass is 263 g/mol. The Hall–Kier alpha value is -2.48. The first-order chi connectivity index (χ1) is 9.77. The molecule has 0 aliphatic carbocycles. The Kier molecular flexibility index (Phi) is 3.07. The van der Waals surface area contributed by atoms with Crippen molar-refractivity contribution in [2.75, 3.05) is 0 Å². The smallest absolute Gasteiger partial charge is 0.121 e. The number of aromatic hydroxyl groups is 1. The summed E-state index contributed by atoms with van der Waals surface area (Å²) in [6.45, 7) is 8.36. The average molecular weight is 263 g/mol. The fourth-order valence-electron chi connectivity index (χ4n) is 2.87. The molecular formula is C18H17NO. The van der Waals surface area contributed by atoms with Gasteiger partial charge in [0.05, 0.1) is 5.52 Å². The van der Waals surface area contributed by atoms with Crippen LogP contribution in [0.1, 0.15) is 5.56 Å². The van der Waals surface area contributed by atoms with Crippen molar-refractivity contribution in [1.82, 2.24) is 4.57 Å². The number of rotatable bonds is 4. The van der Waals surface area contributed by atoms with E-state index in [0.29, 0.717) is 12.2 Å². The minimum absolute atomic E-state index is 0.325. The van der Waals surface area contributed by atoms with Crippen LogP contribution in [0.3, 0.4) is 0 Å². The maximum Gasteiger partial charge on any atom is 0.121 e. The van der Waals surface area contributed by atoms with Gasteiger partial charge in [-0.3, -0.25) is 0 Å². The second-order valence-corrected chi connectivity index (χ2v) is 4.87. The average Bonchev–Trinajstić information content (AvgIpc) is 2.78. The molecule has 0 amide bonds. The first-order valence-electron chi connectivity index (χ1n) is 6.71. The van der Waals surface area contributed by atoms with E-state index in [1.807, 2.05) is 30.4 Å². The Balaban J connectivity index is 2.52. The molecule has 1 heterocycles. The molecule has 0 aliphatic heterocycles. The zero-order chi connectivity index (χ0) is 14.1. The molecule has 3 rings (SSSR count). The van der Waals surface area contributed by atoms with Gasteiger partial charge >= 0.3 is 0 Å². The van der Waals surface area contributed by atoms with Crippen molar-refractivity contribution in [1.29, 1.82) is 0 Å². The molecule has 0 spiro atoms. The molecule has 2 aromatic carbocycles. The maximum absolute atomic E-state index is 10.2. The van der Waals surface area contributed by atoms with E-state index in [2.05, 4.69) is 29.9 Å². The van der Waals surface area contributed by atoms with Crippen molar-refractivity contribution in [3.8, 4) is 5.75 Å². The number of nitrogens with zero attached hydrogens (tertiary/aromatic N) is 1. The molecule has 20 heavy (non-hydrogen) atoms. The van der Waals surface area contributed by atoms with Crippen LogP contribution in [0, 0.1) is 0 Å². The van der Waals surface area contributed by atoms with Crippen molar-refractivity contribution < 1.29 is 5.11 Å². The summed E-state index contributed by atoms with van der Waals surface area (Å²) in [7, 11) is 0. The molecule has 2 nitrogen and oxygen atoms in total. The van der Waals surface area contributed by atoms with Crippen LogP contribution in [0.15, 0.2) is 61.7 Å². The van der Waals surface area contributed by atoms with Crippen molar-refractivity contribution in [3.63, 3.8) is 0 Å². The molecule has 0 radical (unpaired) electrons. The summed E-state index contributed by atoms with van der Waals surface area (Å²) in [5.74, 6) is 0.325. The maximum atomic E-state index is 10.2. The highest BCUT2D eigenvalue weighted by atomic mass is 16.3. The molecule has 1 aromatic heterocycles. The van der Waals surface area contributed by atoms with E-state index in [0.717, 1.165) is 23.0 Å². The van der Waals surface area contributed by atoms with Gasteiger partial charge in [0.1, 0.15) is 5.75 Å². The third-order valence-corrected chi connectivity index (χ3v) is 3.67. The number of aromatic nitrogens is 1. The Morgan fingerprint density at radius 1 is 1.00 bits per heavy atom. The van der Waals surface area contributed by atoms with E-state index < -0.39 is 0 Å². The van der Waals surface area contributed by atoms with Crippen LogP contribution in [0.5, 0.6) is 5.75 Å². The van der Waals surface area contributed by atoms with E-state index in [1.165, 1.54) is 10.9 Å². The number of hydrogen-bond donors (Lipinski definition) is 1. The molecule has 0 unspecified atom stereocenters. The Labute approximate surface area is 118 Å². The van der Waals surface area contributed by atoms with Gasteiger partial charge in [0.25, 0.3) is 0 Å². The van der Waals surface area contributed by atoms with Gasteiger partial charge < -0.3 is 9.67 Å². The van der Waals surface area contributed by atoms with Crippen LogP contribution in [0.4, 0.5) is 0 Å². The third kappa shape index (κ3) is 1.73. The third-order valence-electron chi connectivity index (χ3n) is 3.67. The van der Waals surface area contributed by atoms with E-state index in [9.17, 15) is 5.11 Å². The predicted molar refractivity (Wildman–Crippen MR) is 85.2 cm³/mol. The highest BCUT2D eigenvalue weighted by Gasteiger charge is 2.14. The summed E-state index contributed by atoms with van der Waals surface area (Å²) in [4.78, 5) is 0. The van der Waals surface area contributed by atoms with Gasteiger partial charge in [-0.05, 0) is 24.6 Å². The largest absolute Gasteiger partial charge is 0.508 e. The number of phenolic OH excluding ortho intramolecular Hbond substituents is 1. The van der Waals surface area contributed by atoms with Crippen LogP contribution in [-0.4, -0.2) is 9.67 Å². The molecule has 2 heteroatoms. The Bertz CT molecular complexity index is 811. The van der Waals surface area contributed by atoms with E-state index in [-0.39, 0.29) is 0 Å². The highest BCUT2D eigenvalue weighted by molar-refractivity contribution is 6.09. The van der Waals surface area contributed by atoms with Crippen LogP contribution >= 0.6 is 0 Å². The van der Waals surface area contributed by atoms with Gasteiger partial charge in [-0.25, -0.2) is 0 Å². The SMILES string of the molecule is C=CCc1c(O)ccc2c3ccccc3n(CC=C)c12. The normalized spacial score (nSPS) is 11.0. The van der Waals surface area contributed by atoms with Crippen LogP contribution in [-0.2, 0) is 13.0 Å². The van der Waals surface area contributed by atoms with Gasteiger partial charge in [0.2, 0.25) is 0 Å². The summed E-state index contributed by atoms with van der Waals surface area (Å²) in [6, 6.07) is 12.1.